The molecule has 0 radical (unpaired) electrons. The molecule has 0 saturated heterocycles. The van der Waals surface area contributed by atoms with Crippen molar-refractivity contribution in [1.29, 1.82) is 0 Å². The quantitative estimate of drug-likeness (QED) is 0.915. The average molecular weight is 339 g/mol. The molecule has 2 heterocycles. The van der Waals surface area contributed by atoms with Gasteiger partial charge in [-0.1, -0.05) is 13.8 Å². The van der Waals surface area contributed by atoms with Crippen molar-refractivity contribution in [2.75, 3.05) is 11.9 Å². The van der Waals surface area contributed by atoms with Gasteiger partial charge in [-0.15, -0.1) is 0 Å². The van der Waals surface area contributed by atoms with Crippen molar-refractivity contribution in [1.82, 2.24) is 15.0 Å². The summed E-state index contributed by atoms with van der Waals surface area (Å²) in [6.45, 7) is 6.87. The summed E-state index contributed by atoms with van der Waals surface area (Å²) in [7, 11) is 0. The van der Waals surface area contributed by atoms with Crippen molar-refractivity contribution >= 4 is 21.7 Å². The highest BCUT2D eigenvalue weighted by molar-refractivity contribution is 9.10. The Hall–Kier alpha value is -1.56. The molecule has 0 aliphatic rings. The molecule has 106 valence electrons. The Morgan fingerprint density at radius 1 is 1.30 bits per heavy atom. The van der Waals surface area contributed by atoms with Crippen LogP contribution >= 0.6 is 15.9 Å². The van der Waals surface area contributed by atoms with E-state index < -0.39 is 0 Å². The maximum absolute atomic E-state index is 13.0. The van der Waals surface area contributed by atoms with Crippen LogP contribution < -0.4 is 5.32 Å². The second-order valence-electron chi connectivity index (χ2n) is 4.64. The molecule has 0 bridgehead atoms. The van der Waals surface area contributed by atoms with Crippen molar-refractivity contribution < 1.29 is 4.39 Å². The van der Waals surface area contributed by atoms with Crippen LogP contribution in [0.1, 0.15) is 32.4 Å². The largest absolute Gasteiger partial charge is 0.369 e. The first-order valence-electron chi connectivity index (χ1n) is 6.46. The van der Waals surface area contributed by atoms with Crippen molar-refractivity contribution in [2.45, 2.75) is 26.7 Å². The predicted octanol–water partition coefficient (Wildman–Crippen LogP) is 4.00. The van der Waals surface area contributed by atoms with Crippen molar-refractivity contribution in [3.63, 3.8) is 0 Å². The van der Waals surface area contributed by atoms with Gasteiger partial charge in [-0.3, -0.25) is 0 Å². The third kappa shape index (κ3) is 3.12. The Balaban J connectivity index is 2.55. The van der Waals surface area contributed by atoms with Gasteiger partial charge in [-0.05, 0) is 40.9 Å². The molecule has 0 fully saturated rings. The third-order valence-electron chi connectivity index (χ3n) is 2.72. The molecule has 2 rings (SSSR count). The minimum atomic E-state index is -0.373. The lowest BCUT2D eigenvalue weighted by molar-refractivity contribution is 0.621. The Bertz CT molecular complexity index is 599. The number of anilines is 1. The van der Waals surface area contributed by atoms with E-state index in [0.717, 1.165) is 22.5 Å². The Morgan fingerprint density at radius 3 is 2.60 bits per heavy atom. The lowest BCUT2D eigenvalue weighted by Gasteiger charge is -2.14. The summed E-state index contributed by atoms with van der Waals surface area (Å²) in [5, 5.41) is 3.19. The smallest absolute Gasteiger partial charge is 0.180 e. The van der Waals surface area contributed by atoms with Gasteiger partial charge in [0.25, 0.3) is 0 Å². The zero-order chi connectivity index (χ0) is 14.7. The number of hydrogen-bond acceptors (Lipinski definition) is 4. The van der Waals surface area contributed by atoms with Crippen LogP contribution in [-0.2, 0) is 0 Å². The third-order valence-corrected chi connectivity index (χ3v) is 3.51. The Morgan fingerprint density at radius 2 is 2.05 bits per heavy atom. The van der Waals surface area contributed by atoms with Gasteiger partial charge in [0.15, 0.2) is 5.82 Å². The van der Waals surface area contributed by atoms with Crippen LogP contribution in [0.5, 0.6) is 0 Å². The van der Waals surface area contributed by atoms with Gasteiger partial charge in [-0.25, -0.2) is 19.3 Å². The molecule has 6 heteroatoms. The molecule has 4 nitrogen and oxygen atoms in total. The Labute approximate surface area is 126 Å². The first kappa shape index (κ1) is 14.8. The summed E-state index contributed by atoms with van der Waals surface area (Å²) in [5.74, 6) is 1.09. The maximum atomic E-state index is 13.0. The van der Waals surface area contributed by atoms with E-state index in [-0.39, 0.29) is 11.7 Å². The van der Waals surface area contributed by atoms with Crippen molar-refractivity contribution in [3.05, 3.63) is 34.3 Å². The summed E-state index contributed by atoms with van der Waals surface area (Å²) >= 11 is 3.53. The fraction of sp³-hybridized carbons (Fsp3) is 0.357. The molecule has 1 N–H and O–H groups in total. The standard InChI is InChI=1S/C14H16BrFN4/c1-4-17-14-11(15)12(8(2)3)19-13(20-14)10-6-5-9(16)7-18-10/h5-8H,4H2,1-3H3,(H,17,19,20). The van der Waals surface area contributed by atoms with Crippen molar-refractivity contribution in [3.8, 4) is 11.5 Å². The fourth-order valence-electron chi connectivity index (χ4n) is 1.75. The monoisotopic (exact) mass is 338 g/mol. The topological polar surface area (TPSA) is 50.7 Å². The van der Waals surface area contributed by atoms with E-state index in [1.165, 1.54) is 12.3 Å². The van der Waals surface area contributed by atoms with Gasteiger partial charge >= 0.3 is 0 Å². The minimum Gasteiger partial charge on any atom is -0.369 e. The fourth-order valence-corrected chi connectivity index (χ4v) is 2.53. The highest BCUT2D eigenvalue weighted by Gasteiger charge is 2.16. The highest BCUT2D eigenvalue weighted by atomic mass is 79.9. The molecule has 20 heavy (non-hydrogen) atoms. The summed E-state index contributed by atoms with van der Waals surface area (Å²) in [5.41, 5.74) is 1.46. The number of rotatable bonds is 4. The maximum Gasteiger partial charge on any atom is 0.180 e. The number of halogens is 2. The lowest BCUT2D eigenvalue weighted by Crippen LogP contribution is -2.07. The van der Waals surface area contributed by atoms with Crippen LogP contribution in [0.3, 0.4) is 0 Å². The normalized spacial score (nSPS) is 10.9. The van der Waals surface area contributed by atoms with Crippen LogP contribution in [-0.4, -0.2) is 21.5 Å². The lowest BCUT2D eigenvalue weighted by atomic mass is 10.1. The van der Waals surface area contributed by atoms with E-state index in [2.05, 4.69) is 50.0 Å². The molecule has 0 unspecified atom stereocenters. The number of nitrogens with zero attached hydrogens (tertiary/aromatic N) is 3. The van der Waals surface area contributed by atoms with E-state index in [1.54, 1.807) is 6.07 Å². The van der Waals surface area contributed by atoms with Gasteiger partial charge in [-0.2, -0.15) is 0 Å². The number of nitrogens with one attached hydrogen (secondary N) is 1. The molecule has 2 aromatic rings. The second kappa shape index (κ2) is 6.26. The molecule has 2 aromatic heterocycles. The van der Waals surface area contributed by atoms with E-state index in [4.69, 9.17) is 0 Å². The molecule has 0 amide bonds. The van der Waals surface area contributed by atoms with E-state index in [1.807, 2.05) is 6.92 Å². The second-order valence-corrected chi connectivity index (χ2v) is 5.43. The highest BCUT2D eigenvalue weighted by Crippen LogP contribution is 2.30. The molecule has 0 saturated carbocycles. The van der Waals surface area contributed by atoms with E-state index >= 15 is 0 Å². The van der Waals surface area contributed by atoms with Crippen LogP contribution in [0.4, 0.5) is 10.2 Å². The van der Waals surface area contributed by atoms with Gasteiger partial charge in [0.05, 0.1) is 16.4 Å². The number of hydrogen-bond donors (Lipinski definition) is 1. The molecular formula is C14H16BrFN4. The summed E-state index contributed by atoms with van der Waals surface area (Å²) in [4.78, 5) is 13.0. The number of pyridine rings is 1. The molecule has 0 aliphatic heterocycles. The van der Waals surface area contributed by atoms with Gasteiger partial charge in [0.1, 0.15) is 17.3 Å². The molecular weight excluding hydrogens is 323 g/mol. The van der Waals surface area contributed by atoms with E-state index in [9.17, 15) is 4.39 Å². The van der Waals surface area contributed by atoms with Gasteiger partial charge in [0.2, 0.25) is 0 Å². The summed E-state index contributed by atoms with van der Waals surface area (Å²) < 4.78 is 13.8. The first-order chi connectivity index (χ1) is 9.52. The SMILES string of the molecule is CCNc1nc(-c2ccc(F)cn2)nc(C(C)C)c1Br. The number of aromatic nitrogens is 3. The first-order valence-corrected chi connectivity index (χ1v) is 7.25. The molecule has 0 aromatic carbocycles. The summed E-state index contributed by atoms with van der Waals surface area (Å²) in [6.07, 6.45) is 1.17. The zero-order valence-electron chi connectivity index (χ0n) is 11.6. The zero-order valence-corrected chi connectivity index (χ0v) is 13.2. The molecule has 0 spiro atoms. The van der Waals surface area contributed by atoms with Crippen LogP contribution in [0.2, 0.25) is 0 Å². The minimum absolute atomic E-state index is 0.240. The van der Waals surface area contributed by atoms with Crippen LogP contribution in [0, 0.1) is 5.82 Å². The van der Waals surface area contributed by atoms with Gasteiger partial charge in [0, 0.05) is 6.54 Å². The average Bonchev–Trinajstić information content (AvgIpc) is 2.42. The van der Waals surface area contributed by atoms with E-state index in [0.29, 0.717) is 11.5 Å². The van der Waals surface area contributed by atoms with Crippen LogP contribution in [0.15, 0.2) is 22.8 Å². The van der Waals surface area contributed by atoms with Gasteiger partial charge < -0.3 is 5.32 Å². The molecule has 0 atom stereocenters. The van der Waals surface area contributed by atoms with Crippen LogP contribution in [0.25, 0.3) is 11.5 Å². The Kier molecular flexibility index (Phi) is 4.65. The predicted molar refractivity (Wildman–Crippen MR) is 81.2 cm³/mol. The summed E-state index contributed by atoms with van der Waals surface area (Å²) in [6, 6.07) is 2.94. The van der Waals surface area contributed by atoms with Crippen molar-refractivity contribution in [2.24, 2.45) is 0 Å². The molecule has 0 aliphatic carbocycles.